The molecule has 524 valence electrons. The van der Waals surface area contributed by atoms with Crippen LogP contribution in [-0.4, -0.2) is 39.0 Å². The van der Waals surface area contributed by atoms with Crippen LogP contribution in [0.2, 0.25) is 0 Å². The van der Waals surface area contributed by atoms with Gasteiger partial charge >= 0.3 is 0 Å². The van der Waals surface area contributed by atoms with Gasteiger partial charge in [0, 0.05) is 87.8 Å². The monoisotopic (exact) mass is 1430 g/mol. The molecule has 0 unspecified atom stereocenters. The molecule has 10 nitrogen and oxygen atoms in total. The molecule has 0 atom stereocenters. The molecule has 0 spiro atoms. The number of para-hydroxylation sites is 4. The summed E-state index contributed by atoms with van der Waals surface area (Å²) >= 11 is 0. The number of hydrogen-bond donors (Lipinski definition) is 0. The Morgan fingerprint density at radius 2 is 0.420 bits per heavy atom. The first-order valence-electron chi connectivity index (χ1n) is 37.5. The summed E-state index contributed by atoms with van der Waals surface area (Å²) in [5, 5.41) is 9.38. The van der Waals surface area contributed by atoms with E-state index in [1.807, 2.05) is 146 Å². The lowest BCUT2D eigenvalue weighted by atomic mass is 10.0. The molecule has 0 radical (unpaired) electrons. The van der Waals surface area contributed by atoms with Crippen LogP contribution < -0.4 is 0 Å². The summed E-state index contributed by atoms with van der Waals surface area (Å²) in [6.07, 6.45) is 0. The minimum Gasteiger partial charge on any atom is -0.456 e. The van der Waals surface area contributed by atoms with E-state index in [-0.39, 0.29) is 0 Å². The van der Waals surface area contributed by atoms with Crippen molar-refractivity contribution in [2.45, 2.75) is 0 Å². The fourth-order valence-corrected chi connectivity index (χ4v) is 15.8. The third-order valence-electron chi connectivity index (χ3n) is 21.3. The molecule has 0 aliphatic carbocycles. The van der Waals surface area contributed by atoms with Gasteiger partial charge in [0.05, 0.1) is 22.1 Å². The third-order valence-corrected chi connectivity index (χ3v) is 21.3. The van der Waals surface area contributed by atoms with Crippen LogP contribution in [0.4, 0.5) is 0 Å². The molecule has 6 heterocycles. The van der Waals surface area contributed by atoms with E-state index in [2.05, 4.69) is 252 Å². The summed E-state index contributed by atoms with van der Waals surface area (Å²) in [7, 11) is 0. The van der Waals surface area contributed by atoms with Crippen molar-refractivity contribution >= 4 is 87.5 Å². The van der Waals surface area contributed by atoms with Crippen LogP contribution in [0, 0.1) is 0 Å². The van der Waals surface area contributed by atoms with Crippen molar-refractivity contribution in [2.24, 2.45) is 0 Å². The van der Waals surface area contributed by atoms with Crippen LogP contribution in [0.3, 0.4) is 0 Å². The van der Waals surface area contributed by atoms with Crippen molar-refractivity contribution in [1.29, 1.82) is 0 Å². The number of benzene rings is 16. The van der Waals surface area contributed by atoms with Crippen LogP contribution >= 0.6 is 0 Å². The first-order chi connectivity index (χ1) is 55.5. The van der Waals surface area contributed by atoms with Crippen molar-refractivity contribution < 1.29 is 8.83 Å². The van der Waals surface area contributed by atoms with Crippen LogP contribution in [-0.2, 0) is 0 Å². The van der Waals surface area contributed by atoms with Crippen molar-refractivity contribution in [2.75, 3.05) is 0 Å². The topological polar surface area (TPSA) is 113 Å². The molecule has 0 fully saturated rings. The van der Waals surface area contributed by atoms with Gasteiger partial charge in [-0.1, -0.05) is 297 Å². The first-order valence-corrected chi connectivity index (χ1v) is 37.5. The fourth-order valence-electron chi connectivity index (χ4n) is 15.8. The van der Waals surface area contributed by atoms with E-state index < -0.39 is 0 Å². The molecular formula is C102H64N8O2. The Morgan fingerprint density at radius 1 is 0.152 bits per heavy atom. The standard InChI is InChI=1S/2C51H32N4O/c1-3-13-33(14-4-1)49-52-50(34-15-5-2-6-16-34)54-51(53-49)39-19-11-17-35(29-39)36-18-12-20-40(30-36)55-45-23-9-7-21-41(45)42-27-25-38(32-46(42)55)37-26-28-48-44(31-37)43-22-8-10-24-47(43)56-48;1-3-12-34(13-4-1)49-52-50(35-14-5-2-6-15-35)54-51(53-49)36-24-22-33(23-25-36)37-16-11-17-40(30-37)55-45-20-9-7-18-41(45)42-28-26-39(32-46(42)55)38-27-29-48-44(31-38)43-19-8-10-21-47(43)56-48/h2*1-32H. The number of rotatable bonds is 12. The fraction of sp³-hybridized carbons (Fsp3) is 0. The van der Waals surface area contributed by atoms with Crippen LogP contribution in [0.1, 0.15) is 0 Å². The Labute approximate surface area is 643 Å². The largest absolute Gasteiger partial charge is 0.456 e. The normalized spacial score (nSPS) is 11.6. The number of fused-ring (bicyclic) bond motifs is 12. The quantitative estimate of drug-likeness (QED) is 0.119. The molecule has 0 aliphatic rings. The summed E-state index contributed by atoms with van der Waals surface area (Å²) in [5.41, 5.74) is 25.1. The van der Waals surface area contributed by atoms with Gasteiger partial charge in [-0.25, -0.2) is 29.9 Å². The minimum atomic E-state index is 0.632. The SMILES string of the molecule is c1ccc(-c2nc(-c3ccccc3)nc(-c3ccc(-c4cccc(-n5c6ccccc6c6ccc(-c7ccc8oc9ccccc9c8c7)cc65)c4)cc3)n2)cc1.c1ccc(-c2nc(-c3ccccc3)nc(-c3cccc(-c4cccc(-n5c6ccccc6c6ccc(-c7ccc8oc9ccccc9c8c7)cc65)c4)c3)n2)cc1. The molecular weight excluding hydrogens is 1370 g/mol. The molecule has 16 aromatic carbocycles. The highest BCUT2D eigenvalue weighted by atomic mass is 16.3. The van der Waals surface area contributed by atoms with Gasteiger partial charge < -0.3 is 18.0 Å². The molecule has 0 amide bonds. The zero-order valence-corrected chi connectivity index (χ0v) is 60.3. The lowest BCUT2D eigenvalue weighted by molar-refractivity contribution is 0.668. The third kappa shape index (κ3) is 11.9. The maximum atomic E-state index is 6.14. The number of nitrogens with zero attached hydrogens (tertiary/aromatic N) is 8. The van der Waals surface area contributed by atoms with Gasteiger partial charge in [0.15, 0.2) is 34.9 Å². The van der Waals surface area contributed by atoms with E-state index in [0.717, 1.165) is 150 Å². The first kappa shape index (κ1) is 65.1. The van der Waals surface area contributed by atoms with Gasteiger partial charge in [0.2, 0.25) is 0 Å². The number of hydrogen-bond acceptors (Lipinski definition) is 8. The maximum Gasteiger partial charge on any atom is 0.164 e. The second-order valence-electron chi connectivity index (χ2n) is 28.1. The van der Waals surface area contributed by atoms with Crippen LogP contribution in [0.5, 0.6) is 0 Å². The summed E-state index contributed by atoms with van der Waals surface area (Å²) < 4.78 is 17.1. The Bertz CT molecular complexity index is 7260. The molecule has 0 saturated heterocycles. The Hall–Kier alpha value is -15.3. The Balaban J connectivity index is 0.000000141. The van der Waals surface area contributed by atoms with Gasteiger partial charge in [0.25, 0.3) is 0 Å². The second-order valence-corrected chi connectivity index (χ2v) is 28.1. The van der Waals surface area contributed by atoms with Gasteiger partial charge in [-0.15, -0.1) is 0 Å². The molecule has 6 aromatic heterocycles. The molecule has 22 rings (SSSR count). The van der Waals surface area contributed by atoms with Gasteiger partial charge in [-0.05, 0) is 136 Å². The van der Waals surface area contributed by atoms with Gasteiger partial charge in [-0.2, -0.15) is 0 Å². The molecule has 0 N–H and O–H groups in total. The molecule has 0 aliphatic heterocycles. The second kappa shape index (κ2) is 27.5. The summed E-state index contributed by atoms with van der Waals surface area (Å²) in [5.74, 6) is 3.86. The van der Waals surface area contributed by atoms with E-state index in [1.54, 1.807) is 0 Å². The van der Waals surface area contributed by atoms with Crippen molar-refractivity contribution in [1.82, 2.24) is 39.0 Å². The van der Waals surface area contributed by atoms with Crippen LogP contribution in [0.25, 0.3) is 212 Å². The van der Waals surface area contributed by atoms with Gasteiger partial charge in [-0.3, -0.25) is 0 Å². The lowest BCUT2D eigenvalue weighted by Gasteiger charge is -2.12. The molecule has 22 aromatic rings. The summed E-state index contributed by atoms with van der Waals surface area (Å²) in [6.45, 7) is 0. The lowest BCUT2D eigenvalue weighted by Crippen LogP contribution is -2.00. The van der Waals surface area contributed by atoms with Gasteiger partial charge in [0.1, 0.15) is 22.3 Å². The molecule has 10 heteroatoms. The summed E-state index contributed by atoms with van der Waals surface area (Å²) in [6, 6.07) is 135. The smallest absolute Gasteiger partial charge is 0.164 e. The van der Waals surface area contributed by atoms with E-state index in [1.165, 1.54) is 27.1 Å². The predicted octanol–water partition coefficient (Wildman–Crippen LogP) is 26.4. The maximum absolute atomic E-state index is 6.14. The highest BCUT2D eigenvalue weighted by Crippen LogP contribution is 2.42. The Kier molecular flexibility index (Phi) is 16.0. The van der Waals surface area contributed by atoms with E-state index in [9.17, 15) is 0 Å². The van der Waals surface area contributed by atoms with E-state index in [0.29, 0.717) is 34.9 Å². The molecule has 0 bridgehead atoms. The highest BCUT2D eigenvalue weighted by molar-refractivity contribution is 6.13. The Morgan fingerprint density at radius 3 is 0.848 bits per heavy atom. The zero-order valence-electron chi connectivity index (χ0n) is 60.3. The number of aromatic nitrogens is 8. The average Bonchev–Trinajstić information content (AvgIpc) is 1.59. The molecule has 112 heavy (non-hydrogen) atoms. The van der Waals surface area contributed by atoms with E-state index >= 15 is 0 Å². The minimum absolute atomic E-state index is 0.632. The van der Waals surface area contributed by atoms with Crippen LogP contribution in [0.15, 0.2) is 397 Å². The number of furan rings is 2. The van der Waals surface area contributed by atoms with E-state index in [4.69, 9.17) is 38.7 Å². The van der Waals surface area contributed by atoms with Crippen molar-refractivity contribution in [3.05, 3.63) is 388 Å². The highest BCUT2D eigenvalue weighted by Gasteiger charge is 2.21. The average molecular weight is 1430 g/mol. The zero-order chi connectivity index (χ0) is 74.0. The molecule has 0 saturated carbocycles. The summed E-state index contributed by atoms with van der Waals surface area (Å²) in [4.78, 5) is 29.6. The predicted molar refractivity (Wildman–Crippen MR) is 457 cm³/mol. The van der Waals surface area contributed by atoms with Crippen molar-refractivity contribution in [3.63, 3.8) is 0 Å². The van der Waals surface area contributed by atoms with Crippen molar-refractivity contribution in [3.8, 4) is 124 Å².